The lowest BCUT2D eigenvalue weighted by molar-refractivity contribution is -0.255. The first-order valence-electron chi connectivity index (χ1n) is 15.1. The van der Waals surface area contributed by atoms with Gasteiger partial charge in [-0.05, 0) is 60.0 Å². The number of Topliss-reactive ketones (excluding diaryl/α,β-unsaturated/α-hetero) is 1. The van der Waals surface area contributed by atoms with Crippen LogP contribution in [0.15, 0.2) is 133 Å². The average Bonchev–Trinajstić information content (AvgIpc) is 3.11. The van der Waals surface area contributed by atoms with E-state index in [4.69, 9.17) is 9.47 Å². The Kier molecular flexibility index (Phi) is 10.0. The lowest BCUT2D eigenvalue weighted by Crippen LogP contribution is -2.38. The second kappa shape index (κ2) is 14.7. The number of nitrogens with one attached hydrogen (secondary N) is 1. The lowest BCUT2D eigenvalue weighted by atomic mass is 9.84. The number of nitrogens with zero attached hydrogens (tertiary/aromatic N) is 1. The molecule has 0 spiro atoms. The normalized spacial score (nSPS) is 19.3. The van der Waals surface area contributed by atoms with Crippen LogP contribution in [0.2, 0.25) is 0 Å². The van der Waals surface area contributed by atoms with Crippen molar-refractivity contribution in [3.8, 4) is 0 Å². The Hall–Kier alpha value is -4.60. The number of benzene rings is 4. The summed E-state index contributed by atoms with van der Waals surface area (Å²) in [6, 6.07) is 38.0. The van der Waals surface area contributed by atoms with Crippen molar-refractivity contribution in [2.45, 2.75) is 43.0 Å². The molecular weight excluding hydrogens is 596 g/mol. The zero-order valence-electron chi connectivity index (χ0n) is 25.3. The number of aliphatic hydroxyl groups is 1. The molecule has 0 saturated carbocycles. The second-order valence-electron chi connectivity index (χ2n) is 11.1. The molecule has 8 heteroatoms. The minimum Gasteiger partial charge on any atom is -0.392 e. The van der Waals surface area contributed by atoms with Gasteiger partial charge in [0.05, 0.1) is 23.8 Å². The molecule has 1 aromatic heterocycles. The zero-order chi connectivity index (χ0) is 31.9. The molecule has 2 heterocycles. The molecule has 0 radical (unpaired) electrons. The number of carbonyl (C=O) groups is 2. The summed E-state index contributed by atoms with van der Waals surface area (Å²) in [4.78, 5) is 29.7. The molecule has 4 unspecified atom stereocenters. The van der Waals surface area contributed by atoms with Gasteiger partial charge in [-0.15, -0.1) is 11.8 Å². The van der Waals surface area contributed by atoms with Crippen molar-refractivity contribution >= 4 is 29.1 Å². The van der Waals surface area contributed by atoms with E-state index in [0.717, 1.165) is 21.7 Å². The number of pyridine rings is 1. The molecule has 1 fully saturated rings. The summed E-state index contributed by atoms with van der Waals surface area (Å²) in [7, 11) is 0. The third kappa shape index (κ3) is 7.43. The van der Waals surface area contributed by atoms with Crippen LogP contribution in [0, 0.1) is 0 Å². The van der Waals surface area contributed by atoms with Crippen molar-refractivity contribution in [1.82, 2.24) is 4.98 Å². The Morgan fingerprint density at radius 2 is 1.52 bits per heavy atom. The Balaban J connectivity index is 1.33. The minimum absolute atomic E-state index is 0.0447. The lowest BCUT2D eigenvalue weighted by Gasteiger charge is -2.43. The highest BCUT2D eigenvalue weighted by Crippen LogP contribution is 2.48. The fourth-order valence-corrected chi connectivity index (χ4v) is 6.53. The number of thioether (sulfide) groups is 1. The number of aromatic nitrogens is 1. The largest absolute Gasteiger partial charge is 0.392 e. The van der Waals surface area contributed by atoms with E-state index in [1.165, 1.54) is 6.92 Å². The van der Waals surface area contributed by atoms with Crippen LogP contribution in [0.4, 0.5) is 5.69 Å². The van der Waals surface area contributed by atoms with Gasteiger partial charge in [0, 0.05) is 40.2 Å². The summed E-state index contributed by atoms with van der Waals surface area (Å²) in [5, 5.41) is 13.5. The Morgan fingerprint density at radius 1 is 0.783 bits per heavy atom. The molecule has 2 N–H and O–H groups in total. The van der Waals surface area contributed by atoms with E-state index in [1.54, 1.807) is 54.4 Å². The van der Waals surface area contributed by atoms with Gasteiger partial charge < -0.3 is 19.9 Å². The van der Waals surface area contributed by atoms with E-state index < -0.39 is 6.29 Å². The summed E-state index contributed by atoms with van der Waals surface area (Å²) in [5.74, 6) is 0.0938. The van der Waals surface area contributed by atoms with E-state index >= 15 is 0 Å². The molecule has 4 aromatic carbocycles. The van der Waals surface area contributed by atoms with E-state index in [0.29, 0.717) is 28.1 Å². The van der Waals surface area contributed by atoms with Gasteiger partial charge in [0.15, 0.2) is 12.1 Å². The fourth-order valence-electron chi connectivity index (χ4n) is 5.60. The first-order chi connectivity index (χ1) is 22.5. The summed E-state index contributed by atoms with van der Waals surface area (Å²) >= 11 is 1.63. The molecule has 6 rings (SSSR count). The quantitative estimate of drug-likeness (QED) is 0.120. The SMILES string of the molecule is CC(=O)c1cccc(NC(=O)c2cccc(C3OC(CSc4ccccn4)C(c4ccccc4)C(c4ccc(CO)cc4)O3)c2)c1. The number of hydrogen-bond donors (Lipinski definition) is 2. The van der Waals surface area contributed by atoms with Gasteiger partial charge in [0.25, 0.3) is 5.91 Å². The van der Waals surface area contributed by atoms with Crippen molar-refractivity contribution in [3.05, 3.63) is 161 Å². The number of rotatable bonds is 10. The average molecular weight is 631 g/mol. The van der Waals surface area contributed by atoms with E-state index in [1.807, 2.05) is 72.8 Å². The number of carbonyl (C=O) groups excluding carboxylic acids is 2. The van der Waals surface area contributed by atoms with Gasteiger partial charge >= 0.3 is 0 Å². The molecule has 46 heavy (non-hydrogen) atoms. The number of ether oxygens (including phenoxy) is 2. The summed E-state index contributed by atoms with van der Waals surface area (Å²) in [6.07, 6.45) is 0.367. The molecule has 1 aliphatic rings. The molecule has 5 aromatic rings. The second-order valence-corrected chi connectivity index (χ2v) is 12.1. The van der Waals surface area contributed by atoms with E-state index in [-0.39, 0.29) is 36.4 Å². The predicted molar refractivity (Wildman–Crippen MR) is 179 cm³/mol. The van der Waals surface area contributed by atoms with Crippen molar-refractivity contribution < 1.29 is 24.2 Å². The molecule has 4 atom stereocenters. The molecule has 1 amide bonds. The number of amides is 1. The highest BCUT2D eigenvalue weighted by atomic mass is 32.2. The van der Waals surface area contributed by atoms with Crippen LogP contribution < -0.4 is 5.32 Å². The number of anilines is 1. The summed E-state index contributed by atoms with van der Waals surface area (Å²) in [6.45, 7) is 1.45. The van der Waals surface area contributed by atoms with Crippen LogP contribution in [-0.2, 0) is 16.1 Å². The summed E-state index contributed by atoms with van der Waals surface area (Å²) < 4.78 is 13.6. The van der Waals surface area contributed by atoms with Crippen LogP contribution in [0.3, 0.4) is 0 Å². The van der Waals surface area contributed by atoms with Gasteiger partial charge in [-0.3, -0.25) is 9.59 Å². The topological polar surface area (TPSA) is 97.8 Å². The van der Waals surface area contributed by atoms with Crippen molar-refractivity contribution in [2.75, 3.05) is 11.1 Å². The highest BCUT2D eigenvalue weighted by molar-refractivity contribution is 7.99. The molecular formula is C38H34N2O5S. The van der Waals surface area contributed by atoms with Gasteiger partial charge in [-0.1, -0.05) is 84.9 Å². The van der Waals surface area contributed by atoms with Crippen LogP contribution in [0.1, 0.15) is 68.2 Å². The van der Waals surface area contributed by atoms with Gasteiger partial charge in [0.1, 0.15) is 0 Å². The van der Waals surface area contributed by atoms with E-state index in [2.05, 4.69) is 22.4 Å². The van der Waals surface area contributed by atoms with Crippen LogP contribution >= 0.6 is 11.8 Å². The summed E-state index contributed by atoms with van der Waals surface area (Å²) in [5.41, 5.74) is 5.08. The van der Waals surface area contributed by atoms with Gasteiger partial charge in [-0.25, -0.2) is 4.98 Å². The maximum absolute atomic E-state index is 13.3. The fraction of sp³-hybridized carbons (Fsp3) is 0.184. The molecule has 7 nitrogen and oxygen atoms in total. The predicted octanol–water partition coefficient (Wildman–Crippen LogP) is 7.76. The van der Waals surface area contributed by atoms with E-state index in [9.17, 15) is 14.7 Å². The third-order valence-electron chi connectivity index (χ3n) is 7.95. The third-order valence-corrected chi connectivity index (χ3v) is 8.98. The smallest absolute Gasteiger partial charge is 0.255 e. The number of ketones is 1. The standard InChI is InChI=1S/C38H34N2O5S/c1-25(42)29-11-8-14-32(22-29)40-37(43)30-12-7-13-31(21-30)38-44-33(24-46-34-15-5-6-20-39-34)35(27-9-3-2-4-10-27)36(45-38)28-18-16-26(23-41)17-19-28/h2-22,33,35-36,38,41H,23-24H2,1H3,(H,40,43). The van der Waals surface area contributed by atoms with Crippen LogP contribution in [0.5, 0.6) is 0 Å². The van der Waals surface area contributed by atoms with Crippen molar-refractivity contribution in [2.24, 2.45) is 0 Å². The maximum Gasteiger partial charge on any atom is 0.255 e. The van der Waals surface area contributed by atoms with Crippen molar-refractivity contribution in [3.63, 3.8) is 0 Å². The Bertz CT molecular complexity index is 1780. The Morgan fingerprint density at radius 3 is 2.26 bits per heavy atom. The first kappa shape index (κ1) is 31.4. The Labute approximate surface area is 272 Å². The van der Waals surface area contributed by atoms with Crippen molar-refractivity contribution in [1.29, 1.82) is 0 Å². The molecule has 1 aliphatic heterocycles. The van der Waals surface area contributed by atoms with Gasteiger partial charge in [-0.2, -0.15) is 0 Å². The molecule has 1 saturated heterocycles. The zero-order valence-corrected chi connectivity index (χ0v) is 26.1. The molecule has 0 aliphatic carbocycles. The first-order valence-corrected chi connectivity index (χ1v) is 16.1. The number of aliphatic hydroxyl groups excluding tert-OH is 1. The number of hydrogen-bond acceptors (Lipinski definition) is 7. The highest BCUT2D eigenvalue weighted by Gasteiger charge is 2.42. The molecule has 0 bridgehead atoms. The molecule has 232 valence electrons. The van der Waals surface area contributed by atoms with Gasteiger partial charge in [0.2, 0.25) is 0 Å². The maximum atomic E-state index is 13.3. The van der Waals surface area contributed by atoms with Crippen LogP contribution in [-0.4, -0.2) is 33.6 Å². The minimum atomic E-state index is -0.759. The van der Waals surface area contributed by atoms with Crippen LogP contribution in [0.25, 0.3) is 0 Å². The monoisotopic (exact) mass is 630 g/mol.